The molecule has 0 unspecified atom stereocenters. The first-order valence-electron chi connectivity index (χ1n) is 7.28. The van der Waals surface area contributed by atoms with Crippen molar-refractivity contribution in [1.29, 1.82) is 0 Å². The number of nitrogens with zero attached hydrogens (tertiary/aromatic N) is 1. The van der Waals surface area contributed by atoms with Gasteiger partial charge in [-0.1, -0.05) is 29.8 Å². The van der Waals surface area contributed by atoms with Crippen molar-refractivity contribution in [3.8, 4) is 0 Å². The third kappa shape index (κ3) is 4.69. The molecule has 1 aromatic carbocycles. The van der Waals surface area contributed by atoms with Gasteiger partial charge in [0, 0.05) is 45.7 Å². The van der Waals surface area contributed by atoms with E-state index in [-0.39, 0.29) is 5.91 Å². The zero-order valence-electron chi connectivity index (χ0n) is 12.7. The molecule has 0 spiro atoms. The van der Waals surface area contributed by atoms with E-state index in [2.05, 4.69) is 0 Å². The molecule has 1 aliphatic rings. The molecule has 0 aromatic heterocycles. The maximum absolute atomic E-state index is 12.1. The number of carbonyl (C=O) groups excluding carboxylic acids is 1. The Labute approximate surface area is 126 Å². The van der Waals surface area contributed by atoms with Gasteiger partial charge >= 0.3 is 0 Å². The fourth-order valence-electron chi connectivity index (χ4n) is 2.40. The topological polar surface area (TPSA) is 49.8 Å². The molecule has 1 amide bonds. The highest BCUT2D eigenvalue weighted by Crippen LogP contribution is 2.21. The summed E-state index contributed by atoms with van der Waals surface area (Å²) in [5.41, 5.74) is 1.37. The van der Waals surface area contributed by atoms with Gasteiger partial charge in [-0.2, -0.15) is 0 Å². The van der Waals surface area contributed by atoms with Crippen molar-refractivity contribution in [3.05, 3.63) is 41.5 Å². The van der Waals surface area contributed by atoms with Crippen molar-refractivity contribution >= 4 is 12.0 Å². The first-order valence-corrected chi connectivity index (χ1v) is 7.28. The highest BCUT2D eigenvalue weighted by Gasteiger charge is 2.31. The Balaban J connectivity index is 1.91. The van der Waals surface area contributed by atoms with Crippen LogP contribution in [-0.2, 0) is 9.53 Å². The zero-order valence-corrected chi connectivity index (χ0v) is 12.7. The summed E-state index contributed by atoms with van der Waals surface area (Å²) in [6.07, 6.45) is 4.50. The average molecular weight is 289 g/mol. The van der Waals surface area contributed by atoms with Gasteiger partial charge in [0.25, 0.3) is 0 Å². The molecule has 0 saturated carbocycles. The Morgan fingerprint density at radius 1 is 1.33 bits per heavy atom. The molecule has 1 saturated heterocycles. The van der Waals surface area contributed by atoms with Crippen molar-refractivity contribution < 1.29 is 14.6 Å². The Hall–Kier alpha value is -1.65. The second kappa shape index (κ2) is 6.87. The molecule has 1 heterocycles. The molecule has 1 fully saturated rings. The Kier molecular flexibility index (Phi) is 5.15. The van der Waals surface area contributed by atoms with Gasteiger partial charge in [-0.05, 0) is 18.6 Å². The molecule has 0 atom stereocenters. The predicted molar refractivity (Wildman–Crippen MR) is 82.9 cm³/mol. The fraction of sp³-hybridized carbons (Fsp3) is 0.471. The molecule has 0 radical (unpaired) electrons. The van der Waals surface area contributed by atoms with E-state index in [0.29, 0.717) is 32.6 Å². The van der Waals surface area contributed by atoms with Gasteiger partial charge in [0.05, 0.1) is 5.60 Å². The van der Waals surface area contributed by atoms with Crippen molar-refractivity contribution in [3.63, 3.8) is 0 Å². The van der Waals surface area contributed by atoms with E-state index in [4.69, 9.17) is 4.74 Å². The largest absolute Gasteiger partial charge is 0.388 e. The van der Waals surface area contributed by atoms with Crippen molar-refractivity contribution in [2.24, 2.45) is 0 Å². The lowest BCUT2D eigenvalue weighted by Gasteiger charge is -2.35. The quantitative estimate of drug-likeness (QED) is 0.863. The van der Waals surface area contributed by atoms with Gasteiger partial charge in [0.15, 0.2) is 0 Å². The molecule has 1 aliphatic heterocycles. The van der Waals surface area contributed by atoms with Gasteiger partial charge in [-0.25, -0.2) is 0 Å². The van der Waals surface area contributed by atoms with E-state index < -0.39 is 5.60 Å². The summed E-state index contributed by atoms with van der Waals surface area (Å²) in [6.45, 7) is 3.48. The van der Waals surface area contributed by atoms with Gasteiger partial charge in [0.2, 0.25) is 5.91 Å². The molecule has 1 aromatic rings. The minimum absolute atomic E-state index is 0.101. The number of rotatable bonds is 4. The lowest BCUT2D eigenvalue weighted by molar-refractivity contribution is -0.131. The van der Waals surface area contributed by atoms with Crippen LogP contribution >= 0.6 is 0 Å². The normalized spacial score (nSPS) is 17.9. The summed E-state index contributed by atoms with van der Waals surface area (Å²) in [5, 5.41) is 10.4. The monoisotopic (exact) mass is 289 g/mol. The Bertz CT molecular complexity index is 501. The van der Waals surface area contributed by atoms with Crippen LogP contribution in [0.15, 0.2) is 30.3 Å². The molecule has 0 bridgehead atoms. The summed E-state index contributed by atoms with van der Waals surface area (Å²) < 4.78 is 5.24. The van der Waals surface area contributed by atoms with Gasteiger partial charge in [0.1, 0.15) is 0 Å². The summed E-state index contributed by atoms with van der Waals surface area (Å²) in [6, 6.07) is 7.98. The molecule has 1 N–H and O–H groups in total. The zero-order chi connectivity index (χ0) is 15.3. The third-order valence-corrected chi connectivity index (χ3v) is 3.83. The van der Waals surface area contributed by atoms with Crippen molar-refractivity contribution in [2.75, 3.05) is 26.8 Å². The summed E-state index contributed by atoms with van der Waals surface area (Å²) >= 11 is 0. The van der Waals surface area contributed by atoms with Crippen LogP contribution in [0.4, 0.5) is 0 Å². The number of carbonyl (C=O) groups is 1. The van der Waals surface area contributed by atoms with Crippen LogP contribution in [0.5, 0.6) is 0 Å². The van der Waals surface area contributed by atoms with Crippen LogP contribution in [0.25, 0.3) is 6.08 Å². The smallest absolute Gasteiger partial charge is 0.246 e. The molecule has 114 valence electrons. The number of aryl methyl sites for hydroxylation is 1. The SMILES string of the molecule is Cc1ccc(/C=C/C(=O)N(C)CC2(O)CCOCC2)cc1. The fourth-order valence-corrected chi connectivity index (χ4v) is 2.40. The number of hydrogen-bond acceptors (Lipinski definition) is 3. The maximum atomic E-state index is 12.1. The number of ether oxygens (including phenoxy) is 1. The summed E-state index contributed by atoms with van der Waals surface area (Å²) in [7, 11) is 1.72. The van der Waals surface area contributed by atoms with E-state index in [1.165, 1.54) is 5.56 Å². The van der Waals surface area contributed by atoms with Crippen LogP contribution < -0.4 is 0 Å². The van der Waals surface area contributed by atoms with E-state index in [0.717, 1.165) is 5.56 Å². The third-order valence-electron chi connectivity index (χ3n) is 3.83. The first-order chi connectivity index (χ1) is 9.98. The molecular weight excluding hydrogens is 266 g/mol. The molecular formula is C17H23NO3. The van der Waals surface area contributed by atoms with Gasteiger partial charge in [-0.15, -0.1) is 0 Å². The first kappa shape index (κ1) is 15.7. The maximum Gasteiger partial charge on any atom is 0.246 e. The molecule has 21 heavy (non-hydrogen) atoms. The second-order valence-electron chi connectivity index (χ2n) is 5.78. The van der Waals surface area contributed by atoms with Crippen LogP contribution in [0.1, 0.15) is 24.0 Å². The summed E-state index contributed by atoms with van der Waals surface area (Å²) in [5.74, 6) is -0.101. The Morgan fingerprint density at radius 3 is 2.57 bits per heavy atom. The summed E-state index contributed by atoms with van der Waals surface area (Å²) in [4.78, 5) is 13.7. The van der Waals surface area contributed by atoms with E-state index in [1.807, 2.05) is 31.2 Å². The lowest BCUT2D eigenvalue weighted by atomic mass is 9.94. The number of aliphatic hydroxyl groups is 1. The van der Waals surface area contributed by atoms with Gasteiger partial charge < -0.3 is 14.7 Å². The van der Waals surface area contributed by atoms with Crippen LogP contribution in [0.3, 0.4) is 0 Å². The predicted octanol–water partition coefficient (Wildman–Crippen LogP) is 2.01. The molecule has 0 aliphatic carbocycles. The minimum atomic E-state index is -0.819. The highest BCUT2D eigenvalue weighted by atomic mass is 16.5. The molecule has 2 rings (SSSR count). The number of likely N-dealkylation sites (N-methyl/N-ethyl adjacent to an activating group) is 1. The minimum Gasteiger partial charge on any atom is -0.388 e. The second-order valence-corrected chi connectivity index (χ2v) is 5.78. The van der Waals surface area contributed by atoms with E-state index >= 15 is 0 Å². The number of amides is 1. The van der Waals surface area contributed by atoms with Gasteiger partial charge in [-0.3, -0.25) is 4.79 Å². The Morgan fingerprint density at radius 2 is 1.95 bits per heavy atom. The van der Waals surface area contributed by atoms with Crippen LogP contribution in [0.2, 0.25) is 0 Å². The molecule has 4 heteroatoms. The highest BCUT2D eigenvalue weighted by molar-refractivity contribution is 5.91. The van der Waals surface area contributed by atoms with E-state index in [1.54, 1.807) is 24.1 Å². The lowest BCUT2D eigenvalue weighted by Crippen LogP contribution is -2.47. The van der Waals surface area contributed by atoms with Crippen molar-refractivity contribution in [1.82, 2.24) is 4.90 Å². The van der Waals surface area contributed by atoms with Crippen LogP contribution in [0, 0.1) is 6.92 Å². The standard InChI is InChI=1S/C17H23NO3/c1-14-3-5-15(6-4-14)7-8-16(19)18(2)13-17(20)9-11-21-12-10-17/h3-8,20H,9-13H2,1-2H3/b8-7+. The number of benzene rings is 1. The van der Waals surface area contributed by atoms with Crippen LogP contribution in [-0.4, -0.2) is 48.3 Å². The average Bonchev–Trinajstić information content (AvgIpc) is 2.46. The number of hydrogen-bond donors (Lipinski definition) is 1. The van der Waals surface area contributed by atoms with Crippen molar-refractivity contribution in [2.45, 2.75) is 25.4 Å². The van der Waals surface area contributed by atoms with E-state index in [9.17, 15) is 9.90 Å². The molecule has 4 nitrogen and oxygen atoms in total.